The van der Waals surface area contributed by atoms with Gasteiger partial charge in [0.2, 0.25) is 5.88 Å². The third-order valence-electron chi connectivity index (χ3n) is 5.57. The number of hydrazone groups is 1. The third kappa shape index (κ3) is 9.10. The number of aromatic hydroxyl groups is 1. The molecule has 1 amide bonds. The van der Waals surface area contributed by atoms with Gasteiger partial charge in [0.15, 0.2) is 0 Å². The van der Waals surface area contributed by atoms with Gasteiger partial charge in [-0.1, -0.05) is 18.2 Å². The first-order chi connectivity index (χ1) is 19.3. The molecule has 0 unspecified atom stereocenters. The van der Waals surface area contributed by atoms with Crippen molar-refractivity contribution >= 4 is 43.6 Å². The Morgan fingerprint density at radius 3 is 1.91 bits per heavy atom. The van der Waals surface area contributed by atoms with Crippen LogP contribution in [0.4, 0.5) is 5.69 Å². The number of H-pyrrole nitrogens is 1. The van der Waals surface area contributed by atoms with E-state index in [9.17, 15) is 40.6 Å². The summed E-state index contributed by atoms with van der Waals surface area (Å²) < 4.78 is 67.7. The van der Waals surface area contributed by atoms with Crippen molar-refractivity contribution in [2.24, 2.45) is 5.10 Å². The SMILES string of the molecule is O=C1/C(=C/C=C/C=C/c2c(O)n(-c3ccc(S(=O)(=O)[O-])cc3)[nH]c2=O)C(COO)=NN1c1ccc(S(=O)(=O)[O-])cc1.[K+].[K+]. The Bertz CT molecular complexity index is 1890. The molecule has 0 saturated heterocycles. The summed E-state index contributed by atoms with van der Waals surface area (Å²) in [5.41, 5.74) is -0.455. The molecule has 0 radical (unpaired) electrons. The molecular formula is C24H18K2N4O11S2. The molecule has 0 bridgehead atoms. The second-order valence-electron chi connectivity index (χ2n) is 8.17. The number of allylic oxidation sites excluding steroid dienone is 4. The first kappa shape index (κ1) is 37.8. The molecule has 1 aliphatic heterocycles. The van der Waals surface area contributed by atoms with Crippen molar-refractivity contribution in [3.8, 4) is 11.6 Å². The van der Waals surface area contributed by atoms with Crippen LogP contribution >= 0.6 is 0 Å². The summed E-state index contributed by atoms with van der Waals surface area (Å²) in [7, 11) is -9.36. The number of aromatic nitrogens is 2. The minimum atomic E-state index is -4.69. The molecule has 19 heteroatoms. The number of carbonyl (C=O) groups is 1. The van der Waals surface area contributed by atoms with E-state index in [1.54, 1.807) is 0 Å². The van der Waals surface area contributed by atoms with Gasteiger partial charge in [-0.25, -0.2) is 26.4 Å². The summed E-state index contributed by atoms with van der Waals surface area (Å²) in [5, 5.41) is 26.7. The van der Waals surface area contributed by atoms with Crippen LogP contribution in [0.25, 0.3) is 11.8 Å². The Morgan fingerprint density at radius 1 is 0.860 bits per heavy atom. The summed E-state index contributed by atoms with van der Waals surface area (Å²) >= 11 is 0. The molecule has 15 nitrogen and oxygen atoms in total. The second kappa shape index (κ2) is 15.8. The first-order valence-corrected chi connectivity index (χ1v) is 14.0. The molecule has 3 aromatic rings. The number of aromatic amines is 1. The molecular weight excluding hydrogens is 663 g/mol. The van der Waals surface area contributed by atoms with Crippen molar-refractivity contribution in [1.82, 2.24) is 9.78 Å². The van der Waals surface area contributed by atoms with E-state index < -0.39 is 54.0 Å². The van der Waals surface area contributed by atoms with Gasteiger partial charge in [0.05, 0.1) is 26.7 Å². The van der Waals surface area contributed by atoms with E-state index in [1.807, 2.05) is 0 Å². The van der Waals surface area contributed by atoms with Gasteiger partial charge in [0.25, 0.3) is 11.5 Å². The van der Waals surface area contributed by atoms with Gasteiger partial charge in [-0.2, -0.15) is 10.1 Å². The normalized spacial score (nSPS) is 14.8. The van der Waals surface area contributed by atoms with E-state index in [0.29, 0.717) is 0 Å². The zero-order chi connectivity index (χ0) is 29.9. The maximum absolute atomic E-state index is 12.9. The molecule has 214 valence electrons. The number of hydrogen-bond donors (Lipinski definition) is 3. The van der Waals surface area contributed by atoms with Crippen LogP contribution in [-0.2, 0) is 29.9 Å². The van der Waals surface area contributed by atoms with Gasteiger partial charge < -0.3 is 14.2 Å². The van der Waals surface area contributed by atoms with Crippen molar-refractivity contribution in [3.63, 3.8) is 0 Å². The Balaban J connectivity index is 0.00000323. The Labute approximate surface area is 329 Å². The van der Waals surface area contributed by atoms with Crippen molar-refractivity contribution < 1.29 is 149 Å². The largest absolute Gasteiger partial charge is 1.00 e. The monoisotopic (exact) mass is 680 g/mol. The van der Waals surface area contributed by atoms with Gasteiger partial charge in [0.1, 0.15) is 38.1 Å². The van der Waals surface area contributed by atoms with Crippen LogP contribution in [-0.4, -0.2) is 64.3 Å². The molecule has 0 aliphatic carbocycles. The van der Waals surface area contributed by atoms with Gasteiger partial charge in [-0.05, 0) is 60.7 Å². The van der Waals surface area contributed by atoms with Crippen LogP contribution < -0.4 is 113 Å². The Hall–Kier alpha value is -1.38. The van der Waals surface area contributed by atoms with Crippen LogP contribution in [0.3, 0.4) is 0 Å². The van der Waals surface area contributed by atoms with Crippen LogP contribution in [0, 0.1) is 0 Å². The Kier molecular flexibility index (Phi) is 13.9. The van der Waals surface area contributed by atoms with Crippen molar-refractivity contribution in [2.45, 2.75) is 9.79 Å². The molecule has 4 rings (SSSR count). The standard InChI is InChI=1S/C24H20N4O11S2.2K/c29-22-20(24(31)28(26-22)16-8-12-18(13-9-16)41(36,37)38)5-3-1-2-4-19-21(14-39-32)25-27(23(19)30)15-6-10-17(11-7-15)40(33,34)35;;/h1-13,31-32H,14H2,(H,26,29)(H,33,34,35)(H,36,37,38);;/q;2*+1/p-2/b2-1+,5-3+,19-4+;;. The van der Waals surface area contributed by atoms with Crippen LogP contribution in [0.15, 0.2) is 98.1 Å². The number of nitrogens with zero attached hydrogens (tertiary/aromatic N) is 3. The smallest absolute Gasteiger partial charge is 0.744 e. The zero-order valence-electron chi connectivity index (χ0n) is 22.4. The minimum Gasteiger partial charge on any atom is -0.744 e. The van der Waals surface area contributed by atoms with Crippen LogP contribution in [0.2, 0.25) is 0 Å². The summed E-state index contributed by atoms with van der Waals surface area (Å²) in [4.78, 5) is 28.3. The van der Waals surface area contributed by atoms with Crippen molar-refractivity contribution in [2.75, 3.05) is 11.6 Å². The number of nitrogens with one attached hydrogen (secondary N) is 1. The number of rotatable bonds is 9. The van der Waals surface area contributed by atoms with E-state index in [-0.39, 0.29) is 131 Å². The maximum Gasteiger partial charge on any atom is 1.00 e. The van der Waals surface area contributed by atoms with E-state index >= 15 is 0 Å². The summed E-state index contributed by atoms with van der Waals surface area (Å²) in [6, 6.07) is 8.95. The average Bonchev–Trinajstić information content (AvgIpc) is 3.38. The average molecular weight is 681 g/mol. The molecule has 0 atom stereocenters. The summed E-state index contributed by atoms with van der Waals surface area (Å²) in [6.45, 7) is -0.455. The van der Waals surface area contributed by atoms with E-state index in [0.717, 1.165) is 34.0 Å². The second-order valence-corrected chi connectivity index (χ2v) is 10.9. The number of carbonyl (C=O) groups excluding carboxylic acids is 1. The summed E-state index contributed by atoms with van der Waals surface area (Å²) in [6.07, 6.45) is 6.78. The number of benzene rings is 2. The van der Waals surface area contributed by atoms with Gasteiger partial charge >= 0.3 is 103 Å². The summed E-state index contributed by atoms with van der Waals surface area (Å²) in [5.74, 6) is -1.15. The Morgan fingerprint density at radius 2 is 1.40 bits per heavy atom. The van der Waals surface area contributed by atoms with E-state index in [2.05, 4.69) is 15.1 Å². The molecule has 43 heavy (non-hydrogen) atoms. The van der Waals surface area contributed by atoms with Crippen molar-refractivity contribution in [1.29, 1.82) is 0 Å². The molecule has 2 aromatic carbocycles. The fraction of sp³-hybridized carbons (Fsp3) is 0.0417. The van der Waals surface area contributed by atoms with Gasteiger partial charge in [0, 0.05) is 0 Å². The molecule has 0 fully saturated rings. The van der Waals surface area contributed by atoms with E-state index in [4.69, 9.17) is 5.26 Å². The minimum absolute atomic E-state index is 0. The molecule has 0 saturated carbocycles. The fourth-order valence-corrected chi connectivity index (χ4v) is 4.56. The van der Waals surface area contributed by atoms with Crippen molar-refractivity contribution in [3.05, 3.63) is 94.3 Å². The van der Waals surface area contributed by atoms with E-state index in [1.165, 1.54) is 54.6 Å². The number of anilines is 1. The van der Waals surface area contributed by atoms with Crippen LogP contribution in [0.5, 0.6) is 5.88 Å². The molecule has 1 aromatic heterocycles. The first-order valence-electron chi connectivity index (χ1n) is 11.2. The fourth-order valence-electron chi connectivity index (χ4n) is 3.63. The maximum atomic E-state index is 12.9. The number of hydrogen-bond acceptors (Lipinski definition) is 12. The van der Waals surface area contributed by atoms with Crippen LogP contribution in [0.1, 0.15) is 5.56 Å². The number of amides is 1. The quantitative estimate of drug-likeness (QED) is 0.0484. The third-order valence-corrected chi connectivity index (χ3v) is 7.27. The predicted octanol–water partition coefficient (Wildman–Crippen LogP) is -4.92. The molecule has 0 spiro atoms. The predicted molar refractivity (Wildman–Crippen MR) is 140 cm³/mol. The van der Waals surface area contributed by atoms with Gasteiger partial charge in [-0.3, -0.25) is 19.9 Å². The molecule has 2 heterocycles. The van der Waals surface area contributed by atoms with Gasteiger partial charge in [-0.15, -0.1) is 0 Å². The topological polar surface area (TPSA) is 235 Å². The zero-order valence-corrected chi connectivity index (χ0v) is 30.3. The molecule has 3 N–H and O–H groups in total. The molecule has 1 aliphatic rings.